The predicted octanol–water partition coefficient (Wildman–Crippen LogP) is 8.92. The summed E-state index contributed by atoms with van der Waals surface area (Å²) in [6.07, 6.45) is -1.43. The Kier molecular flexibility index (Phi) is 7.00. The smallest absolute Gasteiger partial charge is 0.505 e. The highest BCUT2D eigenvalue weighted by Gasteiger charge is 2.22. The summed E-state index contributed by atoms with van der Waals surface area (Å²) < 4.78 is 6.52. The molecule has 0 aliphatic carbocycles. The van der Waals surface area contributed by atoms with Crippen molar-refractivity contribution in [2.45, 2.75) is 33.6 Å². The molecular weight excluding hydrogens is 506 g/mol. The fraction of sp³-hybridized carbons (Fsp3) is 0.156. The number of ether oxygens (including phenoxy) is 1. The van der Waals surface area contributed by atoms with Gasteiger partial charge in [0, 0.05) is 16.6 Å². The zero-order valence-corrected chi connectivity index (χ0v) is 22.6. The van der Waals surface area contributed by atoms with Crippen molar-refractivity contribution in [1.29, 1.82) is 0 Å². The average Bonchev–Trinajstić information content (AvgIpc) is 3.20. The molecule has 1 heterocycles. The number of azo groups is 1. The largest absolute Gasteiger partial charge is 0.511 e. The van der Waals surface area contributed by atoms with Crippen LogP contribution in [0.3, 0.4) is 0 Å². The molecule has 0 saturated carbocycles. The van der Waals surface area contributed by atoms with E-state index in [0.717, 1.165) is 33.3 Å². The van der Waals surface area contributed by atoms with E-state index in [4.69, 9.17) is 9.84 Å². The Hall–Kier alpha value is -5.11. The van der Waals surface area contributed by atoms with Crippen molar-refractivity contribution in [2.24, 2.45) is 10.2 Å². The number of para-hydroxylation sites is 1. The number of rotatable bonds is 6. The van der Waals surface area contributed by atoms with Gasteiger partial charge in [0.25, 0.3) is 0 Å². The van der Waals surface area contributed by atoms with Gasteiger partial charge in [-0.1, -0.05) is 56.3 Å². The van der Waals surface area contributed by atoms with E-state index in [1.165, 1.54) is 12.1 Å². The third-order valence-corrected chi connectivity index (χ3v) is 6.97. The Bertz CT molecular complexity index is 1790. The summed E-state index contributed by atoms with van der Waals surface area (Å²) in [5.74, 6) is 0.0934. The van der Waals surface area contributed by atoms with Crippen LogP contribution in [0, 0.1) is 13.8 Å². The van der Waals surface area contributed by atoms with Gasteiger partial charge < -0.3 is 20.1 Å². The van der Waals surface area contributed by atoms with Crippen molar-refractivity contribution in [3.8, 4) is 34.2 Å². The zero-order chi connectivity index (χ0) is 28.6. The minimum atomic E-state index is -1.43. The van der Waals surface area contributed by atoms with E-state index in [-0.39, 0.29) is 29.0 Å². The van der Waals surface area contributed by atoms with Crippen LogP contribution in [0.2, 0.25) is 0 Å². The Morgan fingerprint density at radius 2 is 1.62 bits per heavy atom. The highest BCUT2D eigenvalue weighted by molar-refractivity contribution is 5.99. The molecule has 0 fully saturated rings. The van der Waals surface area contributed by atoms with Gasteiger partial charge in [-0.05, 0) is 78.4 Å². The number of aryl methyl sites for hydroxylation is 2. The van der Waals surface area contributed by atoms with Crippen LogP contribution in [0.4, 0.5) is 16.2 Å². The Morgan fingerprint density at radius 3 is 2.35 bits per heavy atom. The number of phenolic OH excluding ortho intramolecular Hbond substituents is 1. The van der Waals surface area contributed by atoms with Crippen LogP contribution >= 0.6 is 0 Å². The Morgan fingerprint density at radius 1 is 0.875 bits per heavy atom. The lowest BCUT2D eigenvalue weighted by Gasteiger charge is -2.11. The average molecular weight is 536 g/mol. The maximum atomic E-state index is 11.5. The van der Waals surface area contributed by atoms with Crippen LogP contribution in [0.25, 0.3) is 27.7 Å². The van der Waals surface area contributed by atoms with Crippen molar-refractivity contribution in [3.63, 3.8) is 0 Å². The lowest BCUT2D eigenvalue weighted by molar-refractivity contribution is 0.144. The molecular formula is C32H29N3O5. The maximum Gasteiger partial charge on any atom is 0.511 e. The van der Waals surface area contributed by atoms with Crippen LogP contribution in [-0.4, -0.2) is 26.0 Å². The van der Waals surface area contributed by atoms with Crippen molar-refractivity contribution in [2.75, 3.05) is 0 Å². The van der Waals surface area contributed by atoms with Gasteiger partial charge in [0.15, 0.2) is 11.4 Å². The third kappa shape index (κ3) is 4.87. The molecule has 5 rings (SSSR count). The molecule has 40 heavy (non-hydrogen) atoms. The first-order valence-electron chi connectivity index (χ1n) is 12.8. The number of benzene rings is 4. The molecule has 0 bridgehead atoms. The fourth-order valence-electron chi connectivity index (χ4n) is 4.81. The van der Waals surface area contributed by atoms with Gasteiger partial charge in [0.05, 0.1) is 5.52 Å². The number of carbonyl (C=O) groups is 1. The lowest BCUT2D eigenvalue weighted by atomic mass is 9.98. The quantitative estimate of drug-likeness (QED) is 0.114. The summed E-state index contributed by atoms with van der Waals surface area (Å²) in [5, 5.41) is 41.1. The molecule has 0 saturated heterocycles. The van der Waals surface area contributed by atoms with Crippen LogP contribution in [-0.2, 0) is 0 Å². The molecule has 4 aromatic carbocycles. The molecule has 0 atom stereocenters. The summed E-state index contributed by atoms with van der Waals surface area (Å²) in [6, 6.07) is 23.3. The molecule has 202 valence electrons. The number of nitrogens with zero attached hydrogens (tertiary/aromatic N) is 3. The molecule has 0 amide bonds. The Labute approximate surface area is 231 Å². The van der Waals surface area contributed by atoms with Gasteiger partial charge in [-0.3, -0.25) is 4.57 Å². The number of fused-ring (bicyclic) bond motifs is 1. The standard InChI is InChI=1S/C32H29N3O5/c1-18(2)24-10-7-13-27-28(24)29(31(37)35(27)22-15-14-19(3)20(4)16-22)34-33-26-12-6-11-25(30(26)36)21-8-5-9-23(17-21)40-32(38)39/h5-18,36-37H,1-4H3,(H,38,39). The number of hydrogen-bond donors (Lipinski definition) is 3. The second-order valence-electron chi connectivity index (χ2n) is 9.94. The predicted molar refractivity (Wildman–Crippen MR) is 155 cm³/mol. The van der Waals surface area contributed by atoms with E-state index in [2.05, 4.69) is 24.1 Å². The monoisotopic (exact) mass is 535 g/mol. The molecule has 0 radical (unpaired) electrons. The van der Waals surface area contributed by atoms with Gasteiger partial charge in [0.1, 0.15) is 11.4 Å². The van der Waals surface area contributed by atoms with Gasteiger partial charge >= 0.3 is 6.16 Å². The third-order valence-electron chi connectivity index (χ3n) is 6.97. The first kappa shape index (κ1) is 26.5. The molecule has 5 aromatic rings. The van der Waals surface area contributed by atoms with E-state index < -0.39 is 6.16 Å². The molecule has 3 N–H and O–H groups in total. The highest BCUT2D eigenvalue weighted by atomic mass is 16.7. The molecule has 0 spiro atoms. The second kappa shape index (κ2) is 10.6. The fourth-order valence-corrected chi connectivity index (χ4v) is 4.81. The zero-order valence-electron chi connectivity index (χ0n) is 22.6. The molecule has 0 aliphatic heterocycles. The minimum Gasteiger partial charge on any atom is -0.505 e. The highest BCUT2D eigenvalue weighted by Crippen LogP contribution is 2.46. The number of phenols is 1. The number of carboxylic acid groups (broad SMARTS) is 1. The summed E-state index contributed by atoms with van der Waals surface area (Å²) in [4.78, 5) is 10.9. The van der Waals surface area contributed by atoms with E-state index in [1.54, 1.807) is 34.9 Å². The number of hydrogen-bond acceptors (Lipinski definition) is 6. The first-order chi connectivity index (χ1) is 19.2. The summed E-state index contributed by atoms with van der Waals surface area (Å²) in [7, 11) is 0. The molecule has 8 nitrogen and oxygen atoms in total. The topological polar surface area (TPSA) is 117 Å². The van der Waals surface area contributed by atoms with E-state index in [1.807, 2.05) is 50.2 Å². The first-order valence-corrected chi connectivity index (χ1v) is 12.8. The van der Waals surface area contributed by atoms with Crippen molar-refractivity contribution in [1.82, 2.24) is 4.57 Å². The normalized spacial score (nSPS) is 11.5. The molecule has 1 aromatic heterocycles. The number of aromatic nitrogens is 1. The lowest BCUT2D eigenvalue weighted by Crippen LogP contribution is -2.02. The van der Waals surface area contributed by atoms with E-state index in [9.17, 15) is 15.0 Å². The van der Waals surface area contributed by atoms with Crippen LogP contribution in [0.1, 0.15) is 36.5 Å². The van der Waals surface area contributed by atoms with Gasteiger partial charge in [0.2, 0.25) is 5.88 Å². The molecule has 0 unspecified atom stereocenters. The summed E-state index contributed by atoms with van der Waals surface area (Å²) >= 11 is 0. The van der Waals surface area contributed by atoms with Crippen LogP contribution in [0.15, 0.2) is 89.1 Å². The number of aromatic hydroxyl groups is 2. The van der Waals surface area contributed by atoms with E-state index in [0.29, 0.717) is 16.8 Å². The maximum absolute atomic E-state index is 11.5. The molecule has 8 heteroatoms. The summed E-state index contributed by atoms with van der Waals surface area (Å²) in [5.41, 5.74) is 6.34. The molecule has 0 aliphatic rings. The van der Waals surface area contributed by atoms with Crippen LogP contribution in [0.5, 0.6) is 17.4 Å². The van der Waals surface area contributed by atoms with E-state index >= 15 is 0 Å². The van der Waals surface area contributed by atoms with Gasteiger partial charge in [-0.2, -0.15) is 0 Å². The Balaban J connectivity index is 1.64. The summed E-state index contributed by atoms with van der Waals surface area (Å²) in [6.45, 7) is 8.23. The SMILES string of the molecule is Cc1ccc(-n2c(O)c(N=Nc3cccc(-c4cccc(OC(=O)O)c4)c3O)c3c(C(C)C)cccc32)cc1C. The van der Waals surface area contributed by atoms with Crippen molar-refractivity contribution >= 4 is 28.4 Å². The minimum absolute atomic E-state index is 0.0516. The van der Waals surface area contributed by atoms with Crippen molar-refractivity contribution < 1.29 is 24.9 Å². The second-order valence-corrected chi connectivity index (χ2v) is 9.94. The van der Waals surface area contributed by atoms with Gasteiger partial charge in [-0.15, -0.1) is 10.2 Å². The van der Waals surface area contributed by atoms with Gasteiger partial charge in [-0.25, -0.2) is 4.79 Å². The van der Waals surface area contributed by atoms with Crippen molar-refractivity contribution in [3.05, 3.63) is 95.6 Å². The van der Waals surface area contributed by atoms with Crippen LogP contribution < -0.4 is 4.74 Å².